The summed E-state index contributed by atoms with van der Waals surface area (Å²) in [4.78, 5) is 0. The van der Waals surface area contributed by atoms with Crippen LogP contribution in [0.3, 0.4) is 0 Å². The van der Waals surface area contributed by atoms with Gasteiger partial charge in [-0.3, -0.25) is 16.7 Å². The molecule has 2 unspecified atom stereocenters. The van der Waals surface area contributed by atoms with Gasteiger partial charge in [0, 0.05) is 0 Å². The van der Waals surface area contributed by atoms with Gasteiger partial charge in [0.1, 0.15) is 12.2 Å². The summed E-state index contributed by atoms with van der Waals surface area (Å²) >= 11 is 0. The maximum atomic E-state index is 11.6. The van der Waals surface area contributed by atoms with Crippen molar-refractivity contribution < 1.29 is 50.4 Å². The molecule has 0 amide bonds. The van der Waals surface area contributed by atoms with Crippen LogP contribution in [-0.4, -0.2) is 59.1 Å². The Morgan fingerprint density at radius 2 is 0.786 bits per heavy atom. The molecular weight excluding hydrogens is 464 g/mol. The SMILES string of the molecule is C=CS(=O)(=O)OCC(OS(=O)(=O)C=C)C(COS(=O)(=O)C=C)OS(=O)(=O)C=C. The molecule has 2 atom stereocenters. The van der Waals surface area contributed by atoms with E-state index in [0.29, 0.717) is 21.6 Å². The van der Waals surface area contributed by atoms with Gasteiger partial charge in [-0.25, -0.2) is 0 Å². The van der Waals surface area contributed by atoms with Crippen LogP contribution >= 0.6 is 0 Å². The summed E-state index contributed by atoms with van der Waals surface area (Å²) < 4.78 is 110. The van der Waals surface area contributed by atoms with Crippen LogP contribution in [0.1, 0.15) is 0 Å². The normalized spacial score (nSPS) is 15.3. The average Bonchev–Trinajstić information content (AvgIpc) is 2.62. The molecule has 0 aromatic heterocycles. The van der Waals surface area contributed by atoms with Crippen molar-refractivity contribution in [2.45, 2.75) is 12.2 Å². The molecule has 16 heteroatoms. The lowest BCUT2D eigenvalue weighted by atomic mass is 10.2. The van der Waals surface area contributed by atoms with E-state index in [9.17, 15) is 33.7 Å². The van der Waals surface area contributed by atoms with Gasteiger partial charge in [0.25, 0.3) is 40.5 Å². The van der Waals surface area contributed by atoms with Crippen LogP contribution in [0.2, 0.25) is 0 Å². The Morgan fingerprint density at radius 1 is 0.536 bits per heavy atom. The zero-order valence-electron chi connectivity index (χ0n) is 14.2. The van der Waals surface area contributed by atoms with E-state index >= 15 is 0 Å². The largest absolute Gasteiger partial charge is 0.289 e. The fourth-order valence-electron chi connectivity index (χ4n) is 1.24. The van der Waals surface area contributed by atoms with E-state index in [2.05, 4.69) is 43.0 Å². The van der Waals surface area contributed by atoms with Crippen LogP contribution in [0.15, 0.2) is 47.9 Å². The monoisotopic (exact) mass is 482 g/mol. The van der Waals surface area contributed by atoms with Gasteiger partial charge in [0.05, 0.1) is 34.8 Å². The Balaban J connectivity index is 5.99. The molecule has 162 valence electrons. The molecular formula is C12H18O12S4. The second kappa shape index (κ2) is 10.4. The highest BCUT2D eigenvalue weighted by atomic mass is 32.2. The van der Waals surface area contributed by atoms with E-state index in [1.807, 2.05) is 0 Å². The highest BCUT2D eigenvalue weighted by molar-refractivity contribution is 7.90. The molecule has 0 aliphatic carbocycles. The molecule has 0 saturated heterocycles. The minimum absolute atomic E-state index is 0.322. The van der Waals surface area contributed by atoms with Crippen LogP contribution in [0.5, 0.6) is 0 Å². The maximum absolute atomic E-state index is 11.6. The van der Waals surface area contributed by atoms with E-state index < -0.39 is 65.9 Å². The summed E-state index contributed by atoms with van der Waals surface area (Å²) in [5.74, 6) is 0. The highest BCUT2D eigenvalue weighted by Crippen LogP contribution is 2.16. The summed E-state index contributed by atoms with van der Waals surface area (Å²) in [5.41, 5.74) is 0. The first-order valence-corrected chi connectivity index (χ1v) is 12.7. The molecule has 0 aromatic rings. The van der Waals surface area contributed by atoms with Gasteiger partial charge >= 0.3 is 0 Å². The van der Waals surface area contributed by atoms with Crippen LogP contribution in [-0.2, 0) is 57.2 Å². The molecule has 0 bridgehead atoms. The second-order valence-electron chi connectivity index (χ2n) is 4.48. The number of hydrogen-bond acceptors (Lipinski definition) is 12. The molecule has 0 aliphatic rings. The Bertz CT molecular complexity index is 918. The van der Waals surface area contributed by atoms with Crippen LogP contribution in [0.4, 0.5) is 0 Å². The molecule has 0 aromatic carbocycles. The van der Waals surface area contributed by atoms with Crippen LogP contribution < -0.4 is 0 Å². The highest BCUT2D eigenvalue weighted by Gasteiger charge is 2.34. The Labute approximate surface area is 164 Å². The van der Waals surface area contributed by atoms with Gasteiger partial charge in [-0.1, -0.05) is 26.3 Å². The quantitative estimate of drug-likeness (QED) is 0.279. The smallest absolute Gasteiger partial charge is 0.264 e. The fourth-order valence-corrected chi connectivity index (χ4v) is 3.28. The Kier molecular flexibility index (Phi) is 9.88. The third-order valence-electron chi connectivity index (χ3n) is 2.54. The predicted octanol–water partition coefficient (Wildman–Crippen LogP) is -0.317. The second-order valence-corrected chi connectivity index (χ2v) is 10.6. The first-order chi connectivity index (χ1) is 12.6. The van der Waals surface area contributed by atoms with Crippen molar-refractivity contribution in [2.75, 3.05) is 13.2 Å². The minimum Gasteiger partial charge on any atom is -0.264 e. The van der Waals surface area contributed by atoms with Crippen molar-refractivity contribution in [1.82, 2.24) is 0 Å². The third kappa shape index (κ3) is 10.2. The van der Waals surface area contributed by atoms with Gasteiger partial charge in [0.15, 0.2) is 0 Å². The van der Waals surface area contributed by atoms with E-state index in [0.717, 1.165) is 0 Å². The molecule has 12 nitrogen and oxygen atoms in total. The van der Waals surface area contributed by atoms with E-state index in [1.54, 1.807) is 0 Å². The first kappa shape index (κ1) is 26.6. The summed E-state index contributed by atoms with van der Waals surface area (Å²) in [6.45, 7) is 9.59. The first-order valence-electron chi connectivity index (χ1n) is 6.77. The lowest BCUT2D eigenvalue weighted by Gasteiger charge is -2.24. The third-order valence-corrected chi connectivity index (χ3v) is 6.13. The lowest BCUT2D eigenvalue weighted by molar-refractivity contribution is 0.0106. The molecule has 0 rings (SSSR count). The molecule has 0 heterocycles. The lowest BCUT2D eigenvalue weighted by Crippen LogP contribution is -2.41. The zero-order valence-corrected chi connectivity index (χ0v) is 17.5. The van der Waals surface area contributed by atoms with Crippen LogP contribution in [0.25, 0.3) is 0 Å². The van der Waals surface area contributed by atoms with Crippen LogP contribution in [0, 0.1) is 0 Å². The van der Waals surface area contributed by atoms with E-state index in [-0.39, 0.29) is 0 Å². The van der Waals surface area contributed by atoms with Crippen molar-refractivity contribution >= 4 is 40.5 Å². The summed E-state index contributed by atoms with van der Waals surface area (Å²) in [7, 11) is -17.7. The molecule has 0 N–H and O–H groups in total. The Morgan fingerprint density at radius 3 is 1.00 bits per heavy atom. The van der Waals surface area contributed by atoms with Crippen molar-refractivity contribution in [3.8, 4) is 0 Å². The summed E-state index contributed by atoms with van der Waals surface area (Å²) in [5, 5.41) is 1.40. The van der Waals surface area contributed by atoms with Gasteiger partial charge < -0.3 is 0 Å². The fraction of sp³-hybridized carbons (Fsp3) is 0.333. The topological polar surface area (TPSA) is 173 Å². The molecule has 0 spiro atoms. The van der Waals surface area contributed by atoms with Gasteiger partial charge in [-0.15, -0.1) is 0 Å². The van der Waals surface area contributed by atoms with Crippen molar-refractivity contribution in [1.29, 1.82) is 0 Å². The molecule has 28 heavy (non-hydrogen) atoms. The maximum Gasteiger partial charge on any atom is 0.289 e. The number of hydrogen-bond donors (Lipinski definition) is 0. The predicted molar refractivity (Wildman–Crippen MR) is 98.1 cm³/mol. The van der Waals surface area contributed by atoms with Crippen molar-refractivity contribution in [3.05, 3.63) is 47.9 Å². The molecule has 0 radical (unpaired) electrons. The van der Waals surface area contributed by atoms with Gasteiger partial charge in [-0.2, -0.15) is 33.7 Å². The Hall–Kier alpha value is -1.40. The van der Waals surface area contributed by atoms with E-state index in [4.69, 9.17) is 0 Å². The molecule has 0 saturated carbocycles. The average molecular weight is 483 g/mol. The van der Waals surface area contributed by atoms with Crippen molar-refractivity contribution in [2.24, 2.45) is 0 Å². The van der Waals surface area contributed by atoms with Gasteiger partial charge in [-0.05, 0) is 0 Å². The minimum atomic E-state index is -4.52. The standard InChI is InChI=1S/C12H18O12S4/c1-5-25(13,14)21-9-11(23-27(17,18)7-3)12(24-28(19,20)8-4)10-22-26(15,16)6-2/h5-8,11-12H,1-4,9-10H2. The zero-order chi connectivity index (χ0) is 22.2. The molecule has 0 fully saturated rings. The number of rotatable bonds is 15. The van der Waals surface area contributed by atoms with Crippen molar-refractivity contribution in [3.63, 3.8) is 0 Å². The van der Waals surface area contributed by atoms with E-state index in [1.165, 1.54) is 0 Å². The molecule has 0 aliphatic heterocycles. The summed E-state index contributed by atoms with van der Waals surface area (Å²) in [6.07, 6.45) is -4.01. The van der Waals surface area contributed by atoms with Gasteiger partial charge in [0.2, 0.25) is 0 Å². The summed E-state index contributed by atoms with van der Waals surface area (Å²) in [6, 6.07) is 0.